The summed E-state index contributed by atoms with van der Waals surface area (Å²) >= 11 is 0. The Balaban J connectivity index is 1.79. The van der Waals surface area contributed by atoms with Crippen LogP contribution in [0.2, 0.25) is 0 Å². The number of ether oxygens (including phenoxy) is 1. The minimum atomic E-state index is 0.0444. The molecule has 0 atom stereocenters. The molecule has 0 bridgehead atoms. The number of hydrogen-bond donors (Lipinski definition) is 1. The van der Waals surface area contributed by atoms with E-state index in [-0.39, 0.29) is 12.5 Å². The van der Waals surface area contributed by atoms with Crippen molar-refractivity contribution in [2.75, 3.05) is 32.8 Å². The van der Waals surface area contributed by atoms with Crippen LogP contribution in [0.4, 0.5) is 0 Å². The van der Waals surface area contributed by atoms with Crippen LogP contribution in [0.15, 0.2) is 12.4 Å². The summed E-state index contributed by atoms with van der Waals surface area (Å²) in [6, 6.07) is 0. The molecule has 2 rings (SSSR count). The van der Waals surface area contributed by atoms with Crippen molar-refractivity contribution in [3.63, 3.8) is 0 Å². The highest BCUT2D eigenvalue weighted by Crippen LogP contribution is 2.08. The molecule has 1 aromatic rings. The normalized spacial score (nSPS) is 16.4. The molecule has 0 spiro atoms. The molecule has 1 amide bonds. The van der Waals surface area contributed by atoms with Gasteiger partial charge in [-0.15, -0.1) is 0 Å². The number of aromatic nitrogens is 2. The van der Waals surface area contributed by atoms with Crippen molar-refractivity contribution in [2.24, 2.45) is 0 Å². The summed E-state index contributed by atoms with van der Waals surface area (Å²) in [5, 5.41) is 7.37. The Morgan fingerprint density at radius 3 is 3.17 bits per heavy atom. The van der Waals surface area contributed by atoms with Crippen molar-refractivity contribution >= 4 is 5.91 Å². The first kappa shape index (κ1) is 12.9. The van der Waals surface area contributed by atoms with Gasteiger partial charge in [0.05, 0.1) is 12.4 Å². The van der Waals surface area contributed by atoms with E-state index in [0.717, 1.165) is 39.1 Å². The van der Waals surface area contributed by atoms with E-state index in [4.69, 9.17) is 4.74 Å². The van der Waals surface area contributed by atoms with E-state index in [9.17, 15) is 4.79 Å². The Labute approximate surface area is 107 Å². The molecule has 0 aliphatic carbocycles. The van der Waals surface area contributed by atoms with Gasteiger partial charge in [0, 0.05) is 26.2 Å². The summed E-state index contributed by atoms with van der Waals surface area (Å²) in [4.78, 5) is 13.8. The van der Waals surface area contributed by atoms with E-state index < -0.39 is 0 Å². The summed E-state index contributed by atoms with van der Waals surface area (Å²) in [5.41, 5.74) is 0. The van der Waals surface area contributed by atoms with Gasteiger partial charge in [-0.25, -0.2) is 0 Å². The number of nitrogens with zero attached hydrogens (tertiary/aromatic N) is 3. The van der Waals surface area contributed by atoms with E-state index in [2.05, 4.69) is 10.4 Å². The second-order valence-electron chi connectivity index (χ2n) is 4.30. The highest BCUT2D eigenvalue weighted by atomic mass is 16.5. The first-order valence-corrected chi connectivity index (χ1v) is 6.43. The molecule has 6 nitrogen and oxygen atoms in total. The predicted octanol–water partition coefficient (Wildman–Crippen LogP) is 0.104. The second-order valence-corrected chi connectivity index (χ2v) is 4.30. The monoisotopic (exact) mass is 252 g/mol. The van der Waals surface area contributed by atoms with Gasteiger partial charge in [0.25, 0.3) is 5.91 Å². The fourth-order valence-electron chi connectivity index (χ4n) is 1.92. The third-order valence-corrected chi connectivity index (χ3v) is 2.99. The fraction of sp³-hybridized carbons (Fsp3) is 0.667. The predicted molar refractivity (Wildman–Crippen MR) is 67.5 cm³/mol. The second kappa shape index (κ2) is 6.39. The Bertz CT molecular complexity index is 383. The van der Waals surface area contributed by atoms with Crippen LogP contribution in [0.25, 0.3) is 0 Å². The quantitative estimate of drug-likeness (QED) is 0.826. The molecule has 1 fully saturated rings. The SMILES string of the molecule is CCn1cc(OCC(=O)N2CCCNCC2)cn1. The van der Waals surface area contributed by atoms with Gasteiger partial charge in [-0.05, 0) is 19.9 Å². The Morgan fingerprint density at radius 2 is 2.39 bits per heavy atom. The summed E-state index contributed by atoms with van der Waals surface area (Å²) in [7, 11) is 0. The van der Waals surface area contributed by atoms with Gasteiger partial charge in [0.15, 0.2) is 12.4 Å². The Morgan fingerprint density at radius 1 is 1.50 bits per heavy atom. The molecule has 1 N–H and O–H groups in total. The lowest BCUT2D eigenvalue weighted by molar-refractivity contribution is -0.133. The standard InChI is InChI=1S/C12H20N4O2/c1-2-16-9-11(8-14-16)18-10-12(17)15-6-3-4-13-5-7-15/h8-9,13H,2-7,10H2,1H3. The van der Waals surface area contributed by atoms with Crippen molar-refractivity contribution in [3.8, 4) is 5.75 Å². The topological polar surface area (TPSA) is 59.4 Å². The van der Waals surface area contributed by atoms with Crippen LogP contribution in [-0.4, -0.2) is 53.4 Å². The Kier molecular flexibility index (Phi) is 4.58. The molecular weight excluding hydrogens is 232 g/mol. The first-order valence-electron chi connectivity index (χ1n) is 6.43. The molecule has 1 saturated heterocycles. The summed E-state index contributed by atoms with van der Waals surface area (Å²) < 4.78 is 7.22. The van der Waals surface area contributed by atoms with E-state index in [1.54, 1.807) is 17.1 Å². The van der Waals surface area contributed by atoms with Crippen LogP contribution in [0.3, 0.4) is 0 Å². The van der Waals surface area contributed by atoms with Gasteiger partial charge in [0.1, 0.15) is 0 Å². The highest BCUT2D eigenvalue weighted by molar-refractivity contribution is 5.77. The van der Waals surface area contributed by atoms with Gasteiger partial charge in [0.2, 0.25) is 0 Å². The van der Waals surface area contributed by atoms with Crippen molar-refractivity contribution in [1.82, 2.24) is 20.0 Å². The number of rotatable bonds is 4. The van der Waals surface area contributed by atoms with Gasteiger partial charge < -0.3 is 15.0 Å². The van der Waals surface area contributed by atoms with E-state index >= 15 is 0 Å². The van der Waals surface area contributed by atoms with Crippen LogP contribution in [-0.2, 0) is 11.3 Å². The zero-order valence-electron chi connectivity index (χ0n) is 10.8. The number of carbonyl (C=O) groups excluding carboxylic acids is 1. The maximum atomic E-state index is 11.9. The largest absolute Gasteiger partial charge is 0.480 e. The van der Waals surface area contributed by atoms with Crippen LogP contribution in [0.5, 0.6) is 5.75 Å². The molecule has 1 aromatic heterocycles. The van der Waals surface area contributed by atoms with E-state index in [0.29, 0.717) is 5.75 Å². The molecule has 100 valence electrons. The summed E-state index contributed by atoms with van der Waals surface area (Å²) in [5.74, 6) is 0.695. The molecule has 1 aliphatic rings. The molecule has 1 aliphatic heterocycles. The lowest BCUT2D eigenvalue weighted by Crippen LogP contribution is -2.37. The third kappa shape index (κ3) is 3.46. The molecule has 6 heteroatoms. The maximum absolute atomic E-state index is 11.9. The summed E-state index contributed by atoms with van der Waals surface area (Å²) in [6.45, 7) is 6.31. The van der Waals surface area contributed by atoms with E-state index in [1.165, 1.54) is 0 Å². The average molecular weight is 252 g/mol. The molecule has 0 aromatic carbocycles. The number of aryl methyl sites for hydroxylation is 1. The van der Waals surface area contributed by atoms with Crippen molar-refractivity contribution < 1.29 is 9.53 Å². The molecule has 0 unspecified atom stereocenters. The fourth-order valence-corrected chi connectivity index (χ4v) is 1.92. The van der Waals surface area contributed by atoms with E-state index in [1.807, 2.05) is 11.8 Å². The molecule has 18 heavy (non-hydrogen) atoms. The van der Waals surface area contributed by atoms with Crippen molar-refractivity contribution in [1.29, 1.82) is 0 Å². The average Bonchev–Trinajstić information content (AvgIpc) is 2.68. The number of amides is 1. The molecular formula is C12H20N4O2. The smallest absolute Gasteiger partial charge is 0.260 e. The van der Waals surface area contributed by atoms with Crippen molar-refractivity contribution in [2.45, 2.75) is 19.9 Å². The van der Waals surface area contributed by atoms with Gasteiger partial charge in [-0.3, -0.25) is 9.48 Å². The van der Waals surface area contributed by atoms with Gasteiger partial charge >= 0.3 is 0 Å². The third-order valence-electron chi connectivity index (χ3n) is 2.99. The van der Waals surface area contributed by atoms with Crippen LogP contribution < -0.4 is 10.1 Å². The van der Waals surface area contributed by atoms with Crippen LogP contribution in [0, 0.1) is 0 Å². The molecule has 2 heterocycles. The number of carbonyl (C=O) groups is 1. The lowest BCUT2D eigenvalue weighted by Gasteiger charge is -2.19. The zero-order valence-corrected chi connectivity index (χ0v) is 10.8. The zero-order chi connectivity index (χ0) is 12.8. The number of nitrogens with one attached hydrogen (secondary N) is 1. The molecule has 0 radical (unpaired) electrons. The Hall–Kier alpha value is -1.56. The highest BCUT2D eigenvalue weighted by Gasteiger charge is 2.15. The lowest BCUT2D eigenvalue weighted by atomic mass is 10.4. The minimum absolute atomic E-state index is 0.0444. The van der Waals surface area contributed by atoms with Crippen molar-refractivity contribution in [3.05, 3.63) is 12.4 Å². The summed E-state index contributed by atoms with van der Waals surface area (Å²) in [6.07, 6.45) is 4.44. The molecule has 0 saturated carbocycles. The van der Waals surface area contributed by atoms with Crippen LogP contribution >= 0.6 is 0 Å². The van der Waals surface area contributed by atoms with Gasteiger partial charge in [-0.1, -0.05) is 0 Å². The van der Waals surface area contributed by atoms with Crippen LogP contribution in [0.1, 0.15) is 13.3 Å². The first-order chi connectivity index (χ1) is 8.79. The maximum Gasteiger partial charge on any atom is 0.260 e. The van der Waals surface area contributed by atoms with Gasteiger partial charge in [-0.2, -0.15) is 5.10 Å². The number of hydrogen-bond acceptors (Lipinski definition) is 4. The minimum Gasteiger partial charge on any atom is -0.480 e.